The molecule has 2 aromatic heterocycles. The number of benzene rings is 1. The number of fused-ring (bicyclic) bond motifs is 1. The van der Waals surface area contributed by atoms with Crippen molar-refractivity contribution >= 4 is 17.5 Å². The summed E-state index contributed by atoms with van der Waals surface area (Å²) in [7, 11) is 0. The van der Waals surface area contributed by atoms with E-state index in [1.807, 2.05) is 24.3 Å². The van der Waals surface area contributed by atoms with E-state index < -0.39 is 11.7 Å². The van der Waals surface area contributed by atoms with Crippen molar-refractivity contribution in [1.29, 1.82) is 0 Å². The van der Waals surface area contributed by atoms with Crippen molar-refractivity contribution in [1.82, 2.24) is 19.9 Å². The number of alkyl halides is 3. The SMILES string of the molecule is FC(F)(F)c1cnc(Nc2ccc3c(c2)CCN(Cc2ccncc2)C3)nc1NC1CC1. The van der Waals surface area contributed by atoms with E-state index in [1.165, 1.54) is 16.7 Å². The van der Waals surface area contributed by atoms with E-state index in [0.717, 1.165) is 50.8 Å². The molecule has 32 heavy (non-hydrogen) atoms. The molecule has 0 spiro atoms. The van der Waals surface area contributed by atoms with E-state index in [-0.39, 0.29) is 17.8 Å². The van der Waals surface area contributed by atoms with Gasteiger partial charge in [-0.25, -0.2) is 4.98 Å². The number of hydrogen-bond donors (Lipinski definition) is 2. The Kier molecular flexibility index (Phi) is 5.42. The van der Waals surface area contributed by atoms with Crippen molar-refractivity contribution in [3.8, 4) is 0 Å². The number of halogens is 3. The number of nitrogens with zero attached hydrogens (tertiary/aromatic N) is 4. The molecule has 3 heterocycles. The number of aromatic nitrogens is 3. The average Bonchev–Trinajstić information content (AvgIpc) is 3.58. The molecular weight excluding hydrogens is 417 g/mol. The van der Waals surface area contributed by atoms with Crippen LogP contribution in [0.5, 0.6) is 0 Å². The summed E-state index contributed by atoms with van der Waals surface area (Å²) in [6, 6.07) is 10.1. The molecule has 0 bridgehead atoms. The molecule has 3 aromatic rings. The maximum absolute atomic E-state index is 13.3. The quantitative estimate of drug-likeness (QED) is 0.576. The van der Waals surface area contributed by atoms with Gasteiger partial charge in [0.1, 0.15) is 11.4 Å². The number of rotatable bonds is 6. The van der Waals surface area contributed by atoms with Crippen molar-refractivity contribution in [3.63, 3.8) is 0 Å². The summed E-state index contributed by atoms with van der Waals surface area (Å²) in [6.07, 6.45) is 2.57. The molecule has 2 N–H and O–H groups in total. The second kappa shape index (κ2) is 8.38. The Hall–Kier alpha value is -3.20. The first-order valence-electron chi connectivity index (χ1n) is 10.6. The largest absolute Gasteiger partial charge is 0.421 e. The Bertz CT molecular complexity index is 1100. The second-order valence-electron chi connectivity index (χ2n) is 8.30. The van der Waals surface area contributed by atoms with Gasteiger partial charge in [0, 0.05) is 50.0 Å². The van der Waals surface area contributed by atoms with Crippen LogP contribution in [0.3, 0.4) is 0 Å². The van der Waals surface area contributed by atoms with Crippen molar-refractivity contribution in [2.45, 2.75) is 44.6 Å². The zero-order valence-electron chi connectivity index (χ0n) is 17.4. The Labute approximate surface area is 183 Å². The minimum absolute atomic E-state index is 0.0534. The van der Waals surface area contributed by atoms with Crippen LogP contribution < -0.4 is 10.6 Å². The van der Waals surface area contributed by atoms with Gasteiger partial charge in [-0.15, -0.1) is 0 Å². The average molecular weight is 440 g/mol. The van der Waals surface area contributed by atoms with Crippen molar-refractivity contribution in [2.75, 3.05) is 17.2 Å². The van der Waals surface area contributed by atoms with Gasteiger partial charge in [-0.2, -0.15) is 18.2 Å². The standard InChI is InChI=1S/C23H23F3N6/c24-23(25,26)20-12-28-22(31-21(20)29-18-3-4-18)30-19-2-1-17-14-32(10-7-16(17)11-19)13-15-5-8-27-9-6-15/h1-2,5-6,8-9,11-12,18H,3-4,7,10,13-14H2,(H2,28,29,30,31). The number of anilines is 3. The zero-order valence-corrected chi connectivity index (χ0v) is 17.4. The van der Waals surface area contributed by atoms with Crippen LogP contribution in [0.15, 0.2) is 48.9 Å². The Balaban J connectivity index is 1.30. The van der Waals surface area contributed by atoms with Gasteiger partial charge < -0.3 is 10.6 Å². The highest BCUT2D eigenvalue weighted by Crippen LogP contribution is 2.36. The van der Waals surface area contributed by atoms with E-state index in [9.17, 15) is 13.2 Å². The van der Waals surface area contributed by atoms with Gasteiger partial charge in [0.25, 0.3) is 0 Å². The minimum Gasteiger partial charge on any atom is -0.367 e. The summed E-state index contributed by atoms with van der Waals surface area (Å²) < 4.78 is 39.9. The molecule has 1 aliphatic carbocycles. The molecule has 1 saturated carbocycles. The smallest absolute Gasteiger partial charge is 0.367 e. The molecule has 5 rings (SSSR count). The lowest BCUT2D eigenvalue weighted by atomic mass is 9.98. The summed E-state index contributed by atoms with van der Waals surface area (Å²) in [6.45, 7) is 2.66. The van der Waals surface area contributed by atoms with Crippen LogP contribution in [0.1, 0.15) is 35.1 Å². The summed E-state index contributed by atoms with van der Waals surface area (Å²) in [5, 5.41) is 5.94. The van der Waals surface area contributed by atoms with Gasteiger partial charge in [0.15, 0.2) is 0 Å². The Morgan fingerprint density at radius 2 is 1.88 bits per heavy atom. The number of nitrogens with one attached hydrogen (secondary N) is 2. The molecule has 166 valence electrons. The van der Waals surface area contributed by atoms with Crippen molar-refractivity contribution in [3.05, 3.63) is 71.2 Å². The van der Waals surface area contributed by atoms with Crippen LogP contribution in [0.4, 0.5) is 30.6 Å². The molecule has 1 aliphatic heterocycles. The fraction of sp³-hybridized carbons (Fsp3) is 0.348. The van der Waals surface area contributed by atoms with Crippen molar-refractivity contribution in [2.24, 2.45) is 0 Å². The Morgan fingerprint density at radius 1 is 1.06 bits per heavy atom. The van der Waals surface area contributed by atoms with Gasteiger partial charge in [-0.1, -0.05) is 6.07 Å². The first-order chi connectivity index (χ1) is 15.4. The third kappa shape index (κ3) is 4.83. The molecular formula is C23H23F3N6. The molecule has 0 unspecified atom stereocenters. The van der Waals surface area contributed by atoms with Crippen LogP contribution >= 0.6 is 0 Å². The Morgan fingerprint density at radius 3 is 2.62 bits per heavy atom. The van der Waals surface area contributed by atoms with Gasteiger partial charge in [-0.05, 0) is 60.2 Å². The lowest BCUT2D eigenvalue weighted by molar-refractivity contribution is -0.137. The highest BCUT2D eigenvalue weighted by molar-refractivity contribution is 5.59. The van der Waals surface area contributed by atoms with E-state index in [4.69, 9.17) is 0 Å². The van der Waals surface area contributed by atoms with Gasteiger partial charge in [-0.3, -0.25) is 9.88 Å². The van der Waals surface area contributed by atoms with Gasteiger partial charge in [0.05, 0.1) is 0 Å². The highest BCUT2D eigenvalue weighted by Gasteiger charge is 2.36. The van der Waals surface area contributed by atoms with E-state index in [1.54, 1.807) is 12.4 Å². The minimum atomic E-state index is -4.50. The summed E-state index contributed by atoms with van der Waals surface area (Å²) >= 11 is 0. The maximum Gasteiger partial charge on any atom is 0.421 e. The van der Waals surface area contributed by atoms with Crippen LogP contribution in [0.25, 0.3) is 0 Å². The normalized spacial score (nSPS) is 16.5. The summed E-state index contributed by atoms with van der Waals surface area (Å²) in [5.74, 6) is -0.0153. The fourth-order valence-electron chi connectivity index (χ4n) is 3.88. The monoisotopic (exact) mass is 440 g/mol. The molecule has 0 atom stereocenters. The van der Waals surface area contributed by atoms with E-state index in [0.29, 0.717) is 0 Å². The molecule has 1 aromatic carbocycles. The summed E-state index contributed by atoms with van der Waals surface area (Å²) in [4.78, 5) is 14.5. The third-order valence-electron chi connectivity index (χ3n) is 5.72. The van der Waals surface area contributed by atoms with Crippen LogP contribution in [-0.2, 0) is 25.7 Å². The lowest BCUT2D eigenvalue weighted by Gasteiger charge is -2.29. The first kappa shape index (κ1) is 20.7. The molecule has 0 saturated heterocycles. The van der Waals surface area contributed by atoms with Crippen LogP contribution in [0, 0.1) is 0 Å². The molecule has 9 heteroatoms. The molecule has 1 fully saturated rings. The third-order valence-corrected chi connectivity index (χ3v) is 5.72. The van der Waals surface area contributed by atoms with Gasteiger partial charge >= 0.3 is 6.18 Å². The van der Waals surface area contributed by atoms with Crippen LogP contribution in [-0.4, -0.2) is 32.4 Å². The van der Waals surface area contributed by atoms with Crippen LogP contribution in [0.2, 0.25) is 0 Å². The van der Waals surface area contributed by atoms with E-state index in [2.05, 4.69) is 36.6 Å². The van der Waals surface area contributed by atoms with E-state index >= 15 is 0 Å². The van der Waals surface area contributed by atoms with Gasteiger partial charge in [0.2, 0.25) is 5.95 Å². The topological polar surface area (TPSA) is 66.0 Å². The number of hydrogen-bond acceptors (Lipinski definition) is 6. The number of pyridine rings is 1. The van der Waals surface area contributed by atoms with Crippen molar-refractivity contribution < 1.29 is 13.2 Å². The first-order valence-corrected chi connectivity index (χ1v) is 10.6. The second-order valence-corrected chi connectivity index (χ2v) is 8.30. The fourth-order valence-corrected chi connectivity index (χ4v) is 3.88. The summed E-state index contributed by atoms with van der Waals surface area (Å²) in [5.41, 5.74) is 3.64. The molecule has 2 aliphatic rings. The maximum atomic E-state index is 13.3. The molecule has 0 amide bonds. The zero-order chi connectivity index (χ0) is 22.1. The lowest BCUT2D eigenvalue weighted by Crippen LogP contribution is -2.30. The predicted molar refractivity (Wildman–Crippen MR) is 115 cm³/mol. The highest BCUT2D eigenvalue weighted by atomic mass is 19.4. The molecule has 6 nitrogen and oxygen atoms in total. The molecule has 0 radical (unpaired) electrons. The predicted octanol–water partition coefficient (Wildman–Crippen LogP) is 4.77.